The molecule has 788 valence electrons. The Hall–Kier alpha value is -9.92. The number of hydrogen-bond acceptors (Lipinski definition) is 4. The van der Waals surface area contributed by atoms with E-state index in [1.165, 1.54) is 261 Å². The molecule has 148 heavy (non-hydrogen) atoms. The number of hydrogen-bond donors (Lipinski definition) is 0. The Morgan fingerprint density at radius 2 is 0.466 bits per heavy atom. The van der Waals surface area contributed by atoms with Crippen molar-refractivity contribution in [2.45, 2.75) is 317 Å². The third kappa shape index (κ3) is 29.9. The first kappa shape index (κ1) is 122. The van der Waals surface area contributed by atoms with E-state index in [0.717, 1.165) is 71.2 Å². The van der Waals surface area contributed by atoms with Crippen LogP contribution in [0.2, 0.25) is 0 Å². The van der Waals surface area contributed by atoms with Gasteiger partial charge in [0.25, 0.3) is 0 Å². The van der Waals surface area contributed by atoms with Crippen LogP contribution in [0.25, 0.3) is 113 Å². The van der Waals surface area contributed by atoms with Gasteiger partial charge in [0, 0.05) is 153 Å². The van der Waals surface area contributed by atoms with Crippen LogP contribution in [-0.4, -0.2) is 38.2 Å². The van der Waals surface area contributed by atoms with Crippen molar-refractivity contribution >= 4 is 0 Å². The monoisotopic (exact) mass is 2680 g/mol. The van der Waals surface area contributed by atoms with Crippen LogP contribution in [0.3, 0.4) is 0 Å². The Balaban J connectivity index is 0.000000216. The second kappa shape index (κ2) is 57.5. The maximum atomic E-state index is 4.87. The van der Waals surface area contributed by atoms with Gasteiger partial charge in [0.15, 0.2) is 0 Å². The van der Waals surface area contributed by atoms with Gasteiger partial charge in [-0.15, -0.1) is 144 Å². The minimum absolute atomic E-state index is 0. The van der Waals surface area contributed by atoms with Crippen LogP contribution in [0.15, 0.2) is 280 Å². The molecule has 4 radical (unpaired) electrons. The van der Waals surface area contributed by atoms with Crippen molar-refractivity contribution in [3.8, 4) is 113 Å². The summed E-state index contributed by atoms with van der Waals surface area (Å²) in [5, 5.41) is 0. The van der Waals surface area contributed by atoms with E-state index in [4.69, 9.17) is 19.9 Å². The van der Waals surface area contributed by atoms with Crippen LogP contribution in [0.5, 0.6) is 0 Å². The van der Waals surface area contributed by atoms with E-state index < -0.39 is 0 Å². The van der Waals surface area contributed by atoms with Crippen molar-refractivity contribution in [3.63, 3.8) is 0 Å². The third-order valence-corrected chi connectivity index (χ3v) is 29.3. The Morgan fingerprint density at radius 3 is 0.696 bits per heavy atom. The smallest absolute Gasteiger partial charge is 0.0602 e. The van der Waals surface area contributed by atoms with Crippen LogP contribution < -0.4 is 0 Å². The molecule has 8 nitrogen and oxygen atoms in total. The summed E-state index contributed by atoms with van der Waals surface area (Å²) in [7, 11) is 0. The molecule has 4 fully saturated rings. The van der Waals surface area contributed by atoms with Gasteiger partial charge in [-0.05, 0) is 313 Å². The normalized spacial score (nSPS) is 13.7. The predicted molar refractivity (Wildman–Crippen MR) is 615 cm³/mol. The van der Waals surface area contributed by atoms with E-state index in [2.05, 4.69) is 360 Å². The largest absolute Gasteiger partial charge is 0.340 e. The molecule has 12 heteroatoms. The zero-order chi connectivity index (χ0) is 97.5. The van der Waals surface area contributed by atoms with Gasteiger partial charge in [0.1, 0.15) is 0 Å². The number of aryl methyl sites for hydroxylation is 4. The van der Waals surface area contributed by atoms with Gasteiger partial charge in [0.05, 0.1) is 23.3 Å². The quantitative estimate of drug-likeness (QED) is 0.0507. The molecule has 4 aliphatic carbocycles. The summed E-state index contributed by atoms with van der Waals surface area (Å²) < 4.78 is 9.36. The summed E-state index contributed by atoms with van der Waals surface area (Å²) in [4.78, 5) is 19.2. The minimum atomic E-state index is 0. The Kier molecular flexibility index (Phi) is 47.3. The van der Waals surface area contributed by atoms with Crippen LogP contribution in [0, 0.1) is 75.6 Å². The van der Waals surface area contributed by atoms with Crippen molar-refractivity contribution in [1.82, 2.24) is 38.2 Å². The molecule has 0 bridgehead atoms. The Labute approximate surface area is 946 Å². The Morgan fingerprint density at radius 1 is 0.250 bits per heavy atom. The first-order chi connectivity index (χ1) is 68.0. The van der Waals surface area contributed by atoms with Gasteiger partial charge in [0.2, 0.25) is 0 Å². The fourth-order valence-electron chi connectivity index (χ4n) is 22.9. The summed E-state index contributed by atoms with van der Waals surface area (Å²) in [5.74, 6) is 9.66. The molecule has 0 atom stereocenters. The third-order valence-electron chi connectivity index (χ3n) is 29.3. The summed E-state index contributed by atoms with van der Waals surface area (Å²) in [6.07, 6.45) is 44.1. The van der Waals surface area contributed by atoms with Crippen LogP contribution in [-0.2, 0) is 106 Å². The standard InChI is InChI=1S/C35H39N2.C34H37N2.C32H37N2.C31H35N2.4CH4.4Ir/c1-25-20-26(2)22-30(21-25)31-23-32(27-12-6-3-7-13-27)34(33(24-31)28-14-8-4-9-15-28)37-19-18-36-35(37)29-16-10-5-11-17-29;1-24(2)25-16-18-26(19-17-25)30-22-31(27-10-6-7-11-27)33(32(23-30)28-12-8-9-13-28)36-21-20-35-34(36)29-14-4-3-5-15-29;1-22(2)18-29-20-28(26-14-12-25(13-15-26)24(5)6)21-30(19-23(3)4)31(29)34-17-16-33-32(34)27-10-8-7-9-11-27;1-21(2)14-28-19-27(26-17-23(5)16-24(6)18-26)20-29(15-22(3)4)30(28)33-13-12-32-31(33)25-10-8-7-9-11-25;;;;;;;;/h5,10-11,16,18-24,27-28H,3-4,6-9,12-15H2,1-2H3;3-5,14,16-24,27-28H,6-13H2,1-2H3;7-10,12-17,20-24H,18-19H2,1-6H3;7-10,12-13,16-22H,14-15H2,1-6H3;4*1H4;;;;/q4*-1;;;;;;;;. The fraction of sp³-hybridized carbons (Fsp3) is 0.382. The Bertz CT molecular complexity index is 6570. The molecule has 4 saturated carbocycles. The van der Waals surface area contributed by atoms with Gasteiger partial charge in [-0.3, -0.25) is 19.9 Å². The predicted octanol–water partition coefficient (Wildman–Crippen LogP) is 38.2. The zero-order valence-electron chi connectivity index (χ0n) is 87.8. The maximum Gasteiger partial charge on any atom is 0.0602 e. The number of imidazole rings is 4. The van der Waals surface area contributed by atoms with Gasteiger partial charge < -0.3 is 18.3 Å². The first-order valence-electron chi connectivity index (χ1n) is 53.1. The van der Waals surface area contributed by atoms with Crippen LogP contribution >= 0.6 is 0 Å². The summed E-state index contributed by atoms with van der Waals surface area (Å²) in [6, 6.07) is 98.4. The fourth-order valence-corrected chi connectivity index (χ4v) is 22.9. The van der Waals surface area contributed by atoms with Crippen LogP contribution in [0.1, 0.15) is 342 Å². The number of aromatic nitrogens is 8. The maximum absolute atomic E-state index is 4.87. The number of nitrogens with zero attached hydrogens (tertiary/aromatic N) is 8. The van der Waals surface area contributed by atoms with E-state index in [1.54, 1.807) is 0 Å². The number of rotatable bonds is 26. The topological polar surface area (TPSA) is 71.3 Å². The molecule has 0 unspecified atom stereocenters. The number of benzene rings is 12. The molecule has 12 aromatic carbocycles. The van der Waals surface area contributed by atoms with Gasteiger partial charge in [-0.25, -0.2) is 0 Å². The first-order valence-corrected chi connectivity index (χ1v) is 53.1. The van der Waals surface area contributed by atoms with E-state index in [0.29, 0.717) is 59.2 Å². The molecule has 0 saturated heterocycles. The van der Waals surface area contributed by atoms with E-state index >= 15 is 0 Å². The van der Waals surface area contributed by atoms with Crippen LogP contribution in [0.4, 0.5) is 0 Å². The molecular weight excluding hydrogens is 2510 g/mol. The van der Waals surface area contributed by atoms with Gasteiger partial charge in [-0.2, -0.15) is 0 Å². The van der Waals surface area contributed by atoms with Crippen molar-refractivity contribution in [1.29, 1.82) is 0 Å². The molecule has 0 amide bonds. The van der Waals surface area contributed by atoms with Crippen molar-refractivity contribution in [2.75, 3.05) is 0 Å². The van der Waals surface area contributed by atoms with E-state index in [1.807, 2.05) is 73.3 Å². The zero-order valence-corrected chi connectivity index (χ0v) is 97.4. The summed E-state index contributed by atoms with van der Waals surface area (Å²) >= 11 is 0. The molecule has 0 N–H and O–H groups in total. The molecule has 20 rings (SSSR count). The van der Waals surface area contributed by atoms with Crippen molar-refractivity contribution in [2.24, 2.45) is 23.7 Å². The average molecular weight is 2680 g/mol. The van der Waals surface area contributed by atoms with E-state index in [-0.39, 0.29) is 110 Å². The van der Waals surface area contributed by atoms with E-state index in [9.17, 15) is 0 Å². The summed E-state index contributed by atoms with van der Waals surface area (Å²) in [6.45, 7) is 36.3. The van der Waals surface area contributed by atoms with Crippen molar-refractivity contribution in [3.05, 3.63) is 382 Å². The van der Waals surface area contributed by atoms with Gasteiger partial charge >= 0.3 is 0 Å². The SMILES string of the molecule is C.C.C.C.CC(C)Cc1cc(-c2ccc(C(C)C)cc2)cc(CC(C)C)c1-n1ccnc1-c1[c-]cccc1.CC(C)c1ccc(-c2cc(C3CCCC3)c(-n3ccnc3-c3[c-]cccc3)c(C3CCCC3)c2)cc1.Cc1cc(C)cc(-c2cc(C3CCCCC3)c(-n3ccnc3-c3[c-]cccc3)c(C3CCCCC3)c2)c1.Cc1cc(C)cc(-c2cc(CC(C)C)c(-n3ccnc3-c3[c-]cccc3)c(CC(C)C)c2)c1.[Ir].[Ir].[Ir].[Ir]. The second-order valence-corrected chi connectivity index (χ2v) is 43.2. The van der Waals surface area contributed by atoms with Crippen molar-refractivity contribution < 1.29 is 80.4 Å². The molecule has 0 spiro atoms. The second-order valence-electron chi connectivity index (χ2n) is 43.2. The molecule has 4 heterocycles. The molecule has 4 aromatic heterocycles. The molecular formula is C136H164Ir4N8-4. The minimum Gasteiger partial charge on any atom is -0.340 e. The average Bonchev–Trinajstić information content (AvgIpc) is 1.26. The molecule has 16 aromatic rings. The molecule has 4 aliphatic rings. The molecule has 0 aliphatic heterocycles. The van der Waals surface area contributed by atoms with Gasteiger partial charge in [-0.1, -0.05) is 284 Å². The summed E-state index contributed by atoms with van der Waals surface area (Å²) in [5.41, 5.74) is 40.0.